The predicted molar refractivity (Wildman–Crippen MR) is 79.9 cm³/mol. The van der Waals surface area contributed by atoms with Crippen LogP contribution in [0, 0.1) is 18.8 Å². The van der Waals surface area contributed by atoms with E-state index in [4.69, 9.17) is 5.73 Å². The summed E-state index contributed by atoms with van der Waals surface area (Å²) in [5.41, 5.74) is 5.60. The van der Waals surface area contributed by atoms with Crippen molar-refractivity contribution in [2.24, 2.45) is 17.6 Å². The zero-order valence-corrected chi connectivity index (χ0v) is 12.9. The molecule has 1 atom stereocenters. The molecule has 1 rings (SSSR count). The largest absolute Gasteiger partial charge is 0.350 e. The lowest BCUT2D eigenvalue weighted by Gasteiger charge is -2.19. The molecule has 5 heteroatoms. The van der Waals surface area contributed by atoms with Crippen molar-refractivity contribution in [3.05, 3.63) is 16.1 Å². The molecule has 1 amide bonds. The lowest BCUT2D eigenvalue weighted by atomic mass is 9.88. The highest BCUT2D eigenvalue weighted by molar-refractivity contribution is 7.11. The molecule has 0 aliphatic carbocycles. The first-order valence-electron chi connectivity index (χ1n) is 6.91. The number of thiazole rings is 1. The van der Waals surface area contributed by atoms with E-state index < -0.39 is 0 Å². The fourth-order valence-electron chi connectivity index (χ4n) is 2.09. The maximum Gasteiger partial charge on any atom is 0.220 e. The minimum Gasteiger partial charge on any atom is -0.350 e. The number of nitrogens with zero attached hydrogens (tertiary/aromatic N) is 1. The second kappa shape index (κ2) is 8.27. The van der Waals surface area contributed by atoms with Gasteiger partial charge in [-0.2, -0.15) is 0 Å². The molecule has 4 nitrogen and oxygen atoms in total. The Kier molecular flexibility index (Phi) is 7.02. The summed E-state index contributed by atoms with van der Waals surface area (Å²) in [6.07, 6.45) is 4.32. The van der Waals surface area contributed by atoms with E-state index in [1.165, 1.54) is 4.88 Å². The minimum atomic E-state index is 0.107. The molecule has 1 unspecified atom stereocenters. The van der Waals surface area contributed by atoms with Gasteiger partial charge in [-0.15, -0.1) is 11.3 Å². The maximum atomic E-state index is 11.8. The van der Waals surface area contributed by atoms with Gasteiger partial charge in [0.15, 0.2) is 0 Å². The van der Waals surface area contributed by atoms with Gasteiger partial charge < -0.3 is 11.1 Å². The van der Waals surface area contributed by atoms with Crippen LogP contribution in [0.3, 0.4) is 0 Å². The predicted octanol–water partition coefficient (Wildman–Crippen LogP) is 2.47. The van der Waals surface area contributed by atoms with Crippen molar-refractivity contribution in [1.29, 1.82) is 0 Å². The summed E-state index contributed by atoms with van der Waals surface area (Å²) in [6, 6.07) is 0. The van der Waals surface area contributed by atoms with Crippen LogP contribution in [0.4, 0.5) is 0 Å². The summed E-state index contributed by atoms with van der Waals surface area (Å²) in [6.45, 7) is 7.64. The van der Waals surface area contributed by atoms with E-state index >= 15 is 0 Å². The topological polar surface area (TPSA) is 68.0 Å². The van der Waals surface area contributed by atoms with Crippen molar-refractivity contribution in [3.8, 4) is 0 Å². The van der Waals surface area contributed by atoms with Crippen LogP contribution in [-0.2, 0) is 11.3 Å². The van der Waals surface area contributed by atoms with Gasteiger partial charge in [0.2, 0.25) is 5.91 Å². The number of aromatic nitrogens is 1. The Bertz CT molecular complexity index is 390. The van der Waals surface area contributed by atoms with Gasteiger partial charge in [0.1, 0.15) is 5.01 Å². The summed E-state index contributed by atoms with van der Waals surface area (Å²) in [7, 11) is 0. The number of aryl methyl sites for hydroxylation is 1. The van der Waals surface area contributed by atoms with Crippen molar-refractivity contribution in [3.63, 3.8) is 0 Å². The molecule has 0 bridgehead atoms. The molecule has 1 aromatic rings. The van der Waals surface area contributed by atoms with Crippen LogP contribution in [0.25, 0.3) is 0 Å². The smallest absolute Gasteiger partial charge is 0.220 e. The van der Waals surface area contributed by atoms with Gasteiger partial charge in [-0.05, 0) is 38.1 Å². The monoisotopic (exact) mass is 283 g/mol. The Labute approximate surface area is 119 Å². The van der Waals surface area contributed by atoms with Gasteiger partial charge in [0.05, 0.1) is 6.54 Å². The Balaban J connectivity index is 2.27. The molecule has 0 saturated heterocycles. The number of carbonyl (C=O) groups excluding carboxylic acids is 1. The molecule has 0 radical (unpaired) electrons. The summed E-state index contributed by atoms with van der Waals surface area (Å²) >= 11 is 1.62. The quantitative estimate of drug-likeness (QED) is 0.770. The van der Waals surface area contributed by atoms with Gasteiger partial charge in [-0.3, -0.25) is 4.79 Å². The summed E-state index contributed by atoms with van der Waals surface area (Å²) in [5, 5.41) is 3.89. The molecular formula is C14H25N3OS. The molecular weight excluding hydrogens is 258 g/mol. The Hall–Kier alpha value is -0.940. The average Bonchev–Trinajstić information content (AvgIpc) is 2.77. The van der Waals surface area contributed by atoms with Gasteiger partial charge in [0.25, 0.3) is 0 Å². The van der Waals surface area contributed by atoms with Gasteiger partial charge in [-0.25, -0.2) is 4.98 Å². The molecule has 0 fully saturated rings. The van der Waals surface area contributed by atoms with E-state index in [0.29, 0.717) is 31.3 Å². The Morgan fingerprint density at radius 1 is 1.47 bits per heavy atom. The third kappa shape index (κ3) is 6.16. The molecule has 1 heterocycles. The third-order valence-corrected chi connectivity index (χ3v) is 4.24. The van der Waals surface area contributed by atoms with E-state index in [1.807, 2.05) is 13.1 Å². The highest BCUT2D eigenvalue weighted by Gasteiger charge is 2.14. The zero-order valence-electron chi connectivity index (χ0n) is 12.1. The molecule has 0 saturated carbocycles. The van der Waals surface area contributed by atoms with Crippen molar-refractivity contribution in [2.75, 3.05) is 6.54 Å². The second-order valence-electron chi connectivity index (χ2n) is 5.26. The number of carbonyl (C=O) groups is 1. The van der Waals surface area contributed by atoms with Crippen molar-refractivity contribution >= 4 is 17.2 Å². The maximum absolute atomic E-state index is 11.8. The highest BCUT2D eigenvalue weighted by atomic mass is 32.1. The molecule has 1 aromatic heterocycles. The van der Waals surface area contributed by atoms with Crippen LogP contribution < -0.4 is 11.1 Å². The van der Waals surface area contributed by atoms with E-state index in [1.54, 1.807) is 11.3 Å². The molecule has 0 aliphatic rings. The highest BCUT2D eigenvalue weighted by Crippen LogP contribution is 2.20. The second-order valence-corrected chi connectivity index (χ2v) is 6.58. The van der Waals surface area contributed by atoms with Crippen molar-refractivity contribution in [1.82, 2.24) is 10.3 Å². The molecule has 0 aliphatic heterocycles. The Morgan fingerprint density at radius 3 is 2.74 bits per heavy atom. The van der Waals surface area contributed by atoms with E-state index in [2.05, 4.69) is 24.1 Å². The first kappa shape index (κ1) is 16.1. The molecule has 3 N–H and O–H groups in total. The first-order valence-corrected chi connectivity index (χ1v) is 7.72. The van der Waals surface area contributed by atoms with Crippen LogP contribution in [-0.4, -0.2) is 17.4 Å². The standard InChI is InChI=1S/C14H25N3OS/c1-10(2)12(6-7-15)4-5-13(18)16-9-14-17-8-11(3)19-14/h8,10,12H,4-7,9,15H2,1-3H3,(H,16,18). The van der Waals surface area contributed by atoms with Gasteiger partial charge in [-0.1, -0.05) is 13.8 Å². The fraction of sp³-hybridized carbons (Fsp3) is 0.714. The van der Waals surface area contributed by atoms with Gasteiger partial charge in [0, 0.05) is 17.5 Å². The number of amides is 1. The van der Waals surface area contributed by atoms with Crippen LogP contribution >= 0.6 is 11.3 Å². The van der Waals surface area contributed by atoms with E-state index in [0.717, 1.165) is 17.8 Å². The number of rotatable bonds is 8. The number of nitrogens with one attached hydrogen (secondary N) is 1. The fourth-order valence-corrected chi connectivity index (χ4v) is 2.81. The average molecular weight is 283 g/mol. The van der Waals surface area contributed by atoms with Crippen LogP contribution in [0.1, 0.15) is 43.0 Å². The lowest BCUT2D eigenvalue weighted by Crippen LogP contribution is -2.24. The van der Waals surface area contributed by atoms with Gasteiger partial charge >= 0.3 is 0 Å². The summed E-state index contributed by atoms with van der Waals surface area (Å²) in [4.78, 5) is 17.2. The molecule has 19 heavy (non-hydrogen) atoms. The minimum absolute atomic E-state index is 0.107. The first-order chi connectivity index (χ1) is 9.02. The zero-order chi connectivity index (χ0) is 14.3. The SMILES string of the molecule is Cc1cnc(CNC(=O)CCC(CCN)C(C)C)s1. The van der Waals surface area contributed by atoms with Crippen LogP contribution in [0.5, 0.6) is 0 Å². The molecule has 108 valence electrons. The van der Waals surface area contributed by atoms with Crippen LogP contribution in [0.15, 0.2) is 6.20 Å². The Morgan fingerprint density at radius 2 is 2.21 bits per heavy atom. The van der Waals surface area contributed by atoms with E-state index in [-0.39, 0.29) is 5.91 Å². The number of hydrogen-bond donors (Lipinski definition) is 2. The molecule has 0 spiro atoms. The lowest BCUT2D eigenvalue weighted by molar-refractivity contribution is -0.121. The van der Waals surface area contributed by atoms with Crippen molar-refractivity contribution < 1.29 is 4.79 Å². The van der Waals surface area contributed by atoms with Crippen molar-refractivity contribution in [2.45, 2.75) is 46.6 Å². The number of hydrogen-bond acceptors (Lipinski definition) is 4. The number of nitrogens with two attached hydrogens (primary N) is 1. The third-order valence-electron chi connectivity index (χ3n) is 3.33. The molecule has 0 aromatic carbocycles. The summed E-state index contributed by atoms with van der Waals surface area (Å²) < 4.78 is 0. The summed E-state index contributed by atoms with van der Waals surface area (Å²) in [5.74, 6) is 1.23. The normalized spacial score (nSPS) is 12.7. The van der Waals surface area contributed by atoms with E-state index in [9.17, 15) is 4.79 Å². The van der Waals surface area contributed by atoms with Crippen LogP contribution in [0.2, 0.25) is 0 Å².